The monoisotopic (exact) mass is 305 g/mol. The summed E-state index contributed by atoms with van der Waals surface area (Å²) in [6.07, 6.45) is 1.11. The zero-order chi connectivity index (χ0) is 13.9. The van der Waals surface area contributed by atoms with E-state index in [9.17, 15) is 0 Å². The van der Waals surface area contributed by atoms with E-state index in [0.29, 0.717) is 0 Å². The fraction of sp³-hybridized carbons (Fsp3) is 0.294. The Morgan fingerprint density at radius 3 is 2.45 bits per heavy atom. The molecule has 1 heterocycles. The number of nitrogens with zero attached hydrogens (tertiary/aromatic N) is 1. The molecule has 3 heteroatoms. The van der Waals surface area contributed by atoms with Crippen molar-refractivity contribution < 1.29 is 0 Å². The maximum absolute atomic E-state index is 6.53. The van der Waals surface area contributed by atoms with E-state index in [1.54, 1.807) is 0 Å². The number of halogens is 2. The molecule has 1 aliphatic rings. The second-order valence-corrected chi connectivity index (χ2v) is 6.24. The topological polar surface area (TPSA) is 3.24 Å². The van der Waals surface area contributed by atoms with Gasteiger partial charge in [-0.15, -0.1) is 11.6 Å². The van der Waals surface area contributed by atoms with E-state index < -0.39 is 0 Å². The lowest BCUT2D eigenvalue weighted by molar-refractivity contribution is 0.254. The maximum atomic E-state index is 6.53. The molecule has 1 unspecified atom stereocenters. The molecule has 0 aliphatic carbocycles. The van der Waals surface area contributed by atoms with Gasteiger partial charge in [0.2, 0.25) is 0 Å². The van der Waals surface area contributed by atoms with E-state index in [1.807, 2.05) is 24.3 Å². The molecule has 0 fully saturated rings. The van der Waals surface area contributed by atoms with E-state index in [2.05, 4.69) is 29.2 Å². The van der Waals surface area contributed by atoms with Crippen molar-refractivity contribution >= 4 is 23.2 Å². The van der Waals surface area contributed by atoms with Crippen molar-refractivity contribution in [2.45, 2.75) is 18.3 Å². The molecule has 0 bridgehead atoms. The maximum Gasteiger partial charge on any atom is 0.0712 e. The zero-order valence-electron chi connectivity index (χ0n) is 11.2. The molecule has 0 saturated carbocycles. The van der Waals surface area contributed by atoms with Gasteiger partial charge in [0.15, 0.2) is 0 Å². The minimum absolute atomic E-state index is 0.0116. The molecule has 0 N–H and O–H groups in total. The van der Waals surface area contributed by atoms with Crippen LogP contribution in [0.15, 0.2) is 48.5 Å². The van der Waals surface area contributed by atoms with E-state index in [-0.39, 0.29) is 5.38 Å². The van der Waals surface area contributed by atoms with Crippen LogP contribution in [0.4, 0.5) is 0 Å². The fourth-order valence-electron chi connectivity index (χ4n) is 2.71. The van der Waals surface area contributed by atoms with Crippen LogP contribution in [0.1, 0.15) is 22.1 Å². The summed E-state index contributed by atoms with van der Waals surface area (Å²) in [5, 5.41) is 0.766. The predicted molar refractivity (Wildman–Crippen MR) is 85.5 cm³/mol. The lowest BCUT2D eigenvalue weighted by Crippen LogP contribution is -2.32. The van der Waals surface area contributed by atoms with E-state index in [0.717, 1.165) is 36.6 Å². The number of benzene rings is 2. The summed E-state index contributed by atoms with van der Waals surface area (Å²) in [4.78, 5) is 2.43. The first-order valence-electron chi connectivity index (χ1n) is 6.91. The molecule has 0 saturated heterocycles. The Kier molecular flexibility index (Phi) is 4.30. The van der Waals surface area contributed by atoms with Crippen LogP contribution in [0.5, 0.6) is 0 Å². The molecule has 0 aromatic heterocycles. The van der Waals surface area contributed by atoms with E-state index in [1.165, 1.54) is 11.1 Å². The molecule has 1 atom stereocenters. The summed E-state index contributed by atoms with van der Waals surface area (Å²) >= 11 is 12.4. The molecule has 1 aliphatic heterocycles. The second kappa shape index (κ2) is 6.17. The average molecular weight is 306 g/mol. The van der Waals surface area contributed by atoms with Crippen LogP contribution >= 0.6 is 23.2 Å². The van der Waals surface area contributed by atoms with Gasteiger partial charge in [-0.2, -0.15) is 0 Å². The third-order valence-electron chi connectivity index (χ3n) is 3.86. The highest BCUT2D eigenvalue weighted by Gasteiger charge is 2.19. The van der Waals surface area contributed by atoms with Gasteiger partial charge in [0.05, 0.1) is 5.38 Å². The molecule has 104 valence electrons. The lowest BCUT2D eigenvalue weighted by atomic mass is 9.99. The molecule has 2 aromatic rings. The minimum atomic E-state index is 0.0116. The van der Waals surface area contributed by atoms with Crippen molar-refractivity contribution in [1.29, 1.82) is 0 Å². The molecule has 0 amide bonds. The highest BCUT2D eigenvalue weighted by Crippen LogP contribution is 2.26. The molecular weight excluding hydrogens is 289 g/mol. The van der Waals surface area contributed by atoms with Gasteiger partial charge in [0.1, 0.15) is 0 Å². The number of alkyl halides is 1. The Morgan fingerprint density at radius 1 is 1.00 bits per heavy atom. The highest BCUT2D eigenvalue weighted by molar-refractivity contribution is 6.30. The summed E-state index contributed by atoms with van der Waals surface area (Å²) in [6, 6.07) is 16.5. The lowest BCUT2D eigenvalue weighted by Gasteiger charge is -2.30. The summed E-state index contributed by atoms with van der Waals surface area (Å²) in [5.41, 5.74) is 4.04. The summed E-state index contributed by atoms with van der Waals surface area (Å²) in [7, 11) is 0. The van der Waals surface area contributed by atoms with Crippen LogP contribution in [-0.2, 0) is 13.0 Å². The third kappa shape index (κ3) is 3.17. The van der Waals surface area contributed by atoms with Crippen molar-refractivity contribution in [3.63, 3.8) is 0 Å². The van der Waals surface area contributed by atoms with Gasteiger partial charge in [-0.3, -0.25) is 4.90 Å². The van der Waals surface area contributed by atoms with Gasteiger partial charge in [0, 0.05) is 24.7 Å². The number of hydrogen-bond donors (Lipinski definition) is 0. The van der Waals surface area contributed by atoms with Crippen LogP contribution in [0, 0.1) is 0 Å². The van der Waals surface area contributed by atoms with Crippen LogP contribution in [0.3, 0.4) is 0 Å². The Balaban J connectivity index is 1.66. The van der Waals surface area contributed by atoms with Crippen LogP contribution in [-0.4, -0.2) is 18.0 Å². The molecule has 0 spiro atoms. The standard InChI is InChI=1S/C17H17Cl2N/c18-16-7-5-14(6-8-16)17(19)12-20-10-9-13-3-1-2-4-15(13)11-20/h1-8,17H,9-12H2. The van der Waals surface area contributed by atoms with Crippen LogP contribution in [0.25, 0.3) is 0 Å². The molecule has 20 heavy (non-hydrogen) atoms. The Hall–Kier alpha value is -1.02. The summed E-state index contributed by atoms with van der Waals surface area (Å²) in [5.74, 6) is 0. The first kappa shape index (κ1) is 13.9. The third-order valence-corrected chi connectivity index (χ3v) is 4.50. The second-order valence-electron chi connectivity index (χ2n) is 5.27. The van der Waals surface area contributed by atoms with Gasteiger partial charge in [0.25, 0.3) is 0 Å². The fourth-order valence-corrected chi connectivity index (χ4v) is 3.18. The molecule has 2 aromatic carbocycles. The largest absolute Gasteiger partial charge is 0.297 e. The number of fused-ring (bicyclic) bond motifs is 1. The average Bonchev–Trinajstić information content (AvgIpc) is 2.48. The minimum Gasteiger partial charge on any atom is -0.297 e. The van der Waals surface area contributed by atoms with Gasteiger partial charge < -0.3 is 0 Å². The Bertz CT molecular complexity index is 580. The van der Waals surface area contributed by atoms with Crippen molar-refractivity contribution in [2.75, 3.05) is 13.1 Å². The highest BCUT2D eigenvalue weighted by atomic mass is 35.5. The number of rotatable bonds is 3. The van der Waals surface area contributed by atoms with Gasteiger partial charge >= 0.3 is 0 Å². The van der Waals surface area contributed by atoms with Gasteiger partial charge in [-0.25, -0.2) is 0 Å². The Morgan fingerprint density at radius 2 is 1.70 bits per heavy atom. The summed E-state index contributed by atoms with van der Waals surface area (Å²) in [6.45, 7) is 2.94. The van der Waals surface area contributed by atoms with E-state index in [4.69, 9.17) is 23.2 Å². The van der Waals surface area contributed by atoms with Gasteiger partial charge in [-0.05, 0) is 35.2 Å². The predicted octanol–water partition coefficient (Wildman–Crippen LogP) is 4.68. The molecule has 3 rings (SSSR count). The van der Waals surface area contributed by atoms with Crippen molar-refractivity contribution in [3.05, 3.63) is 70.2 Å². The Labute approximate surface area is 130 Å². The molecule has 0 radical (unpaired) electrons. The summed E-state index contributed by atoms with van der Waals surface area (Å²) < 4.78 is 0. The number of hydrogen-bond acceptors (Lipinski definition) is 1. The van der Waals surface area contributed by atoms with Crippen molar-refractivity contribution in [1.82, 2.24) is 4.90 Å². The van der Waals surface area contributed by atoms with Crippen LogP contribution < -0.4 is 0 Å². The first-order chi connectivity index (χ1) is 9.72. The van der Waals surface area contributed by atoms with E-state index >= 15 is 0 Å². The normalized spacial score (nSPS) is 16.7. The first-order valence-corrected chi connectivity index (χ1v) is 7.72. The van der Waals surface area contributed by atoms with Crippen LogP contribution in [0.2, 0.25) is 5.02 Å². The molecular formula is C17H17Cl2N. The molecule has 1 nitrogen and oxygen atoms in total. The zero-order valence-corrected chi connectivity index (χ0v) is 12.7. The van der Waals surface area contributed by atoms with Crippen molar-refractivity contribution in [2.24, 2.45) is 0 Å². The SMILES string of the molecule is Clc1ccc(C(Cl)CN2CCc3ccccc3C2)cc1. The van der Waals surface area contributed by atoms with Crippen molar-refractivity contribution in [3.8, 4) is 0 Å². The smallest absolute Gasteiger partial charge is 0.0712 e. The van der Waals surface area contributed by atoms with Gasteiger partial charge in [-0.1, -0.05) is 48.0 Å². The quantitative estimate of drug-likeness (QED) is 0.744.